The van der Waals surface area contributed by atoms with Gasteiger partial charge in [0.05, 0.1) is 11.6 Å². The number of aryl methyl sites for hydroxylation is 1. The Morgan fingerprint density at radius 3 is 2.80 bits per heavy atom. The number of benzene rings is 1. The van der Waals surface area contributed by atoms with Crippen LogP contribution < -0.4 is 5.73 Å². The second-order valence-electron chi connectivity index (χ2n) is 3.34. The lowest BCUT2D eigenvalue weighted by Gasteiger charge is -1.99. The maximum Gasteiger partial charge on any atom is 0.265 e. The summed E-state index contributed by atoms with van der Waals surface area (Å²) in [5, 5.41) is 9.59. The first kappa shape index (κ1) is 9.28. The Morgan fingerprint density at radius 2 is 2.20 bits per heavy atom. The quantitative estimate of drug-likeness (QED) is 0.748. The number of aromatic nitrogens is 1. The normalized spacial score (nSPS) is 10.1. The fourth-order valence-electron chi connectivity index (χ4n) is 1.66. The number of nitrogens with zero attached hydrogens (tertiary/aromatic N) is 2. The van der Waals surface area contributed by atoms with E-state index >= 15 is 0 Å². The van der Waals surface area contributed by atoms with Gasteiger partial charge in [0.15, 0.2) is 0 Å². The highest BCUT2D eigenvalue weighted by Gasteiger charge is 2.09. The molecule has 0 unspecified atom stereocenters. The lowest BCUT2D eigenvalue weighted by Crippen LogP contribution is -2.14. The van der Waals surface area contributed by atoms with Crippen molar-refractivity contribution in [2.24, 2.45) is 12.8 Å². The minimum Gasteiger partial charge on any atom is -0.364 e. The van der Waals surface area contributed by atoms with Gasteiger partial charge in [0.2, 0.25) is 0 Å². The zero-order valence-electron chi connectivity index (χ0n) is 8.19. The largest absolute Gasteiger partial charge is 0.364 e. The molecule has 2 aromatic rings. The van der Waals surface area contributed by atoms with Crippen LogP contribution in [0.5, 0.6) is 0 Å². The van der Waals surface area contributed by atoms with E-state index in [4.69, 9.17) is 11.0 Å². The van der Waals surface area contributed by atoms with Crippen LogP contribution in [0.15, 0.2) is 24.3 Å². The average Bonchev–Trinajstić information content (AvgIpc) is 2.55. The van der Waals surface area contributed by atoms with Gasteiger partial charge >= 0.3 is 0 Å². The number of rotatable bonds is 1. The molecule has 0 bridgehead atoms. The minimum absolute atomic E-state index is 0.445. The van der Waals surface area contributed by atoms with Gasteiger partial charge in [-0.3, -0.25) is 4.79 Å². The van der Waals surface area contributed by atoms with Gasteiger partial charge in [-0.15, -0.1) is 0 Å². The number of amides is 1. The molecule has 2 N–H and O–H groups in total. The molecule has 1 aromatic heterocycles. The van der Waals surface area contributed by atoms with Crippen molar-refractivity contribution >= 4 is 16.8 Å². The second-order valence-corrected chi connectivity index (χ2v) is 3.34. The summed E-state index contributed by atoms with van der Waals surface area (Å²) in [6.45, 7) is 0. The molecule has 1 heterocycles. The average molecular weight is 199 g/mol. The highest BCUT2D eigenvalue weighted by atomic mass is 16.1. The van der Waals surface area contributed by atoms with Crippen LogP contribution in [0.3, 0.4) is 0 Å². The first-order valence-electron chi connectivity index (χ1n) is 4.43. The summed E-state index contributed by atoms with van der Waals surface area (Å²) in [5.41, 5.74) is 7.13. The number of carbonyl (C=O) groups excluding carboxylic acids is 1. The fraction of sp³-hybridized carbons (Fsp3) is 0.0909. The van der Waals surface area contributed by atoms with Crippen molar-refractivity contribution in [1.29, 1.82) is 5.26 Å². The van der Waals surface area contributed by atoms with E-state index in [1.54, 1.807) is 35.9 Å². The maximum atomic E-state index is 11.1. The third-order valence-corrected chi connectivity index (χ3v) is 2.42. The predicted octanol–water partition coefficient (Wildman–Crippen LogP) is 1.15. The first-order valence-corrected chi connectivity index (χ1v) is 4.43. The van der Waals surface area contributed by atoms with Gasteiger partial charge in [-0.05, 0) is 24.3 Å². The van der Waals surface area contributed by atoms with Crippen LogP contribution in [0.4, 0.5) is 0 Å². The van der Waals surface area contributed by atoms with Gasteiger partial charge in [-0.25, -0.2) is 0 Å². The molecule has 0 fully saturated rings. The van der Waals surface area contributed by atoms with E-state index in [2.05, 4.69) is 6.07 Å². The Labute approximate surface area is 86.5 Å². The number of primary amides is 1. The van der Waals surface area contributed by atoms with Crippen molar-refractivity contribution in [3.05, 3.63) is 35.5 Å². The molecule has 74 valence electrons. The molecule has 1 aromatic carbocycles. The molecule has 0 saturated heterocycles. The summed E-state index contributed by atoms with van der Waals surface area (Å²) < 4.78 is 1.72. The monoisotopic (exact) mass is 199 g/mol. The zero-order chi connectivity index (χ0) is 11.0. The molecule has 15 heavy (non-hydrogen) atoms. The molecule has 2 rings (SSSR count). The maximum absolute atomic E-state index is 11.1. The van der Waals surface area contributed by atoms with Gasteiger partial charge in [-0.2, -0.15) is 5.26 Å². The van der Waals surface area contributed by atoms with E-state index in [0.29, 0.717) is 11.3 Å². The topological polar surface area (TPSA) is 71.8 Å². The molecule has 0 aliphatic carbocycles. The third kappa shape index (κ3) is 1.34. The van der Waals surface area contributed by atoms with Gasteiger partial charge < -0.3 is 10.3 Å². The second kappa shape index (κ2) is 3.14. The molecule has 0 radical (unpaired) electrons. The van der Waals surface area contributed by atoms with Crippen molar-refractivity contribution in [2.45, 2.75) is 0 Å². The number of hydrogen-bond acceptors (Lipinski definition) is 2. The summed E-state index contributed by atoms with van der Waals surface area (Å²) in [5.74, 6) is -0.466. The van der Waals surface area contributed by atoms with E-state index in [1.165, 1.54) is 0 Å². The molecule has 0 atom stereocenters. The van der Waals surface area contributed by atoms with Crippen molar-refractivity contribution in [3.8, 4) is 6.07 Å². The minimum atomic E-state index is -0.466. The predicted molar refractivity (Wildman–Crippen MR) is 56.2 cm³/mol. The number of hydrogen-bond donors (Lipinski definition) is 1. The molecule has 0 saturated carbocycles. The molecular formula is C11H9N3O. The van der Waals surface area contributed by atoms with Crippen molar-refractivity contribution < 1.29 is 4.79 Å². The summed E-state index contributed by atoms with van der Waals surface area (Å²) >= 11 is 0. The van der Waals surface area contributed by atoms with Crippen LogP contribution in [-0.2, 0) is 7.05 Å². The molecule has 0 aliphatic rings. The number of nitriles is 1. The highest BCUT2D eigenvalue weighted by molar-refractivity contribution is 5.98. The van der Waals surface area contributed by atoms with Gasteiger partial charge in [0, 0.05) is 18.0 Å². The van der Waals surface area contributed by atoms with E-state index in [-0.39, 0.29) is 0 Å². The summed E-state index contributed by atoms with van der Waals surface area (Å²) in [7, 11) is 1.77. The zero-order valence-corrected chi connectivity index (χ0v) is 8.19. The number of fused-ring (bicyclic) bond motifs is 1. The molecule has 0 spiro atoms. The Kier molecular flexibility index (Phi) is 1.94. The Morgan fingerprint density at radius 1 is 1.47 bits per heavy atom. The Balaban J connectivity index is 2.77. The molecule has 0 aliphatic heterocycles. The van der Waals surface area contributed by atoms with Crippen LogP contribution in [0.1, 0.15) is 16.1 Å². The van der Waals surface area contributed by atoms with Gasteiger partial charge in [0.25, 0.3) is 5.91 Å². The third-order valence-electron chi connectivity index (χ3n) is 2.42. The van der Waals surface area contributed by atoms with Crippen LogP contribution in [-0.4, -0.2) is 10.5 Å². The van der Waals surface area contributed by atoms with Gasteiger partial charge in [-0.1, -0.05) is 0 Å². The van der Waals surface area contributed by atoms with Crippen molar-refractivity contribution in [3.63, 3.8) is 0 Å². The lowest BCUT2D eigenvalue weighted by atomic mass is 10.2. The van der Waals surface area contributed by atoms with E-state index in [9.17, 15) is 4.79 Å². The Bertz CT molecular complexity index is 590. The standard InChI is InChI=1S/C11H9N3O/c1-14-9-3-2-7(6-12)4-8(9)5-10(14)11(13)15/h2-5H,1H3,(H2,13,15). The summed E-state index contributed by atoms with van der Waals surface area (Å²) in [6, 6.07) is 9.00. The molecular weight excluding hydrogens is 190 g/mol. The molecule has 4 heteroatoms. The van der Waals surface area contributed by atoms with Crippen molar-refractivity contribution in [1.82, 2.24) is 4.57 Å². The smallest absolute Gasteiger partial charge is 0.265 e. The van der Waals surface area contributed by atoms with Crippen LogP contribution >= 0.6 is 0 Å². The van der Waals surface area contributed by atoms with Crippen molar-refractivity contribution in [2.75, 3.05) is 0 Å². The lowest BCUT2D eigenvalue weighted by molar-refractivity contribution is 0.0993. The van der Waals surface area contributed by atoms with Crippen LogP contribution in [0.25, 0.3) is 10.9 Å². The van der Waals surface area contributed by atoms with Crippen LogP contribution in [0, 0.1) is 11.3 Å². The van der Waals surface area contributed by atoms with E-state index in [1.807, 2.05) is 0 Å². The number of nitrogens with two attached hydrogens (primary N) is 1. The summed E-state index contributed by atoms with van der Waals surface area (Å²) in [4.78, 5) is 11.1. The SMILES string of the molecule is Cn1c(C(N)=O)cc2cc(C#N)ccc21. The fourth-order valence-corrected chi connectivity index (χ4v) is 1.66. The summed E-state index contributed by atoms with van der Waals surface area (Å²) in [6.07, 6.45) is 0. The van der Waals surface area contributed by atoms with E-state index in [0.717, 1.165) is 10.9 Å². The molecule has 4 nitrogen and oxygen atoms in total. The number of carbonyl (C=O) groups is 1. The van der Waals surface area contributed by atoms with E-state index < -0.39 is 5.91 Å². The van der Waals surface area contributed by atoms with Crippen LogP contribution in [0.2, 0.25) is 0 Å². The van der Waals surface area contributed by atoms with Gasteiger partial charge in [0.1, 0.15) is 5.69 Å². The Hall–Kier alpha value is -2.28. The first-order chi connectivity index (χ1) is 7.13. The molecule has 1 amide bonds. The highest BCUT2D eigenvalue weighted by Crippen LogP contribution is 2.19.